The van der Waals surface area contributed by atoms with Crippen molar-refractivity contribution >= 4 is 21.8 Å². The van der Waals surface area contributed by atoms with Gasteiger partial charge in [0.25, 0.3) is 10.0 Å². The first-order valence-corrected chi connectivity index (χ1v) is 9.39. The fourth-order valence-electron chi connectivity index (χ4n) is 1.89. The molecule has 10 heteroatoms. The summed E-state index contributed by atoms with van der Waals surface area (Å²) in [6.07, 6.45) is 0. The van der Waals surface area contributed by atoms with Crippen molar-refractivity contribution in [2.45, 2.75) is 16.0 Å². The van der Waals surface area contributed by atoms with E-state index in [1.54, 1.807) is 10.7 Å². The summed E-state index contributed by atoms with van der Waals surface area (Å²) >= 11 is 1.36. The number of hydrogen-bond acceptors (Lipinski definition) is 7. The van der Waals surface area contributed by atoms with Crippen molar-refractivity contribution in [3.05, 3.63) is 48.2 Å². The lowest BCUT2D eigenvalue weighted by molar-refractivity contribution is 0.408. The fraction of sp³-hybridized carbons (Fsp3) is 0.214. The van der Waals surface area contributed by atoms with Crippen LogP contribution in [0.2, 0.25) is 0 Å². The second-order valence-electron chi connectivity index (χ2n) is 5.01. The van der Waals surface area contributed by atoms with Gasteiger partial charge in [-0.1, -0.05) is 30.0 Å². The Hall–Kier alpha value is -2.17. The maximum atomic E-state index is 12.0. The van der Waals surface area contributed by atoms with Crippen LogP contribution < -0.4 is 0 Å². The Kier molecular flexibility index (Phi) is 4.69. The van der Waals surface area contributed by atoms with E-state index in [0.717, 1.165) is 9.99 Å². The Balaban J connectivity index is 1.74. The first-order chi connectivity index (χ1) is 11.5. The van der Waals surface area contributed by atoms with E-state index in [-0.39, 0.29) is 5.09 Å². The van der Waals surface area contributed by atoms with Gasteiger partial charge in [-0.25, -0.2) is 12.7 Å². The zero-order valence-corrected chi connectivity index (χ0v) is 14.7. The van der Waals surface area contributed by atoms with Crippen LogP contribution >= 0.6 is 11.8 Å². The average Bonchev–Trinajstić information content (AvgIpc) is 3.23. The largest absolute Gasteiger partial charge is 0.447 e. The molecule has 126 valence electrons. The summed E-state index contributed by atoms with van der Waals surface area (Å²) in [4.78, 5) is 0. The lowest BCUT2D eigenvalue weighted by Gasteiger charge is -2.07. The van der Waals surface area contributed by atoms with Gasteiger partial charge < -0.3 is 4.42 Å². The molecule has 0 amide bonds. The van der Waals surface area contributed by atoms with Crippen molar-refractivity contribution < 1.29 is 12.8 Å². The van der Waals surface area contributed by atoms with Crippen molar-refractivity contribution in [2.24, 2.45) is 0 Å². The zero-order valence-electron chi connectivity index (χ0n) is 13.0. The van der Waals surface area contributed by atoms with Crippen molar-refractivity contribution in [1.82, 2.24) is 24.5 Å². The van der Waals surface area contributed by atoms with Crippen molar-refractivity contribution in [3.8, 4) is 5.69 Å². The molecule has 0 aliphatic carbocycles. The summed E-state index contributed by atoms with van der Waals surface area (Å²) in [5.74, 6) is 0.943. The minimum Gasteiger partial charge on any atom is -0.447 e. The molecule has 0 radical (unpaired) electrons. The van der Waals surface area contributed by atoms with Crippen LogP contribution in [0.4, 0.5) is 0 Å². The maximum absolute atomic E-state index is 12.0. The Morgan fingerprint density at radius 3 is 2.62 bits per heavy atom. The predicted octanol–water partition coefficient (Wildman–Crippen LogP) is 1.80. The van der Waals surface area contributed by atoms with Crippen molar-refractivity contribution in [2.75, 3.05) is 14.1 Å². The standard InChI is InChI=1S/C14H15N5O3S2/c1-18(2)24(20,21)13-9-8-12(22-13)10-23-14-15-16-17-19(14)11-6-4-3-5-7-11/h3-9H,10H2,1-2H3. The van der Waals surface area contributed by atoms with Crippen molar-refractivity contribution in [3.63, 3.8) is 0 Å². The average molecular weight is 365 g/mol. The number of rotatable bonds is 6. The van der Waals surface area contributed by atoms with Crippen LogP contribution in [0, 0.1) is 0 Å². The van der Waals surface area contributed by atoms with E-state index in [0.29, 0.717) is 16.7 Å². The molecule has 0 aliphatic rings. The molecule has 0 saturated heterocycles. The number of sulfonamides is 1. The van der Waals surface area contributed by atoms with Gasteiger partial charge in [0.05, 0.1) is 11.4 Å². The first-order valence-electron chi connectivity index (χ1n) is 6.96. The van der Waals surface area contributed by atoms with Gasteiger partial charge in [-0.2, -0.15) is 4.68 Å². The van der Waals surface area contributed by atoms with E-state index >= 15 is 0 Å². The predicted molar refractivity (Wildman–Crippen MR) is 88.3 cm³/mol. The second-order valence-corrected chi connectivity index (χ2v) is 8.03. The third kappa shape index (κ3) is 3.35. The molecule has 0 saturated carbocycles. The van der Waals surface area contributed by atoms with Crippen LogP contribution in [-0.4, -0.2) is 47.0 Å². The van der Waals surface area contributed by atoms with Gasteiger partial charge in [0.15, 0.2) is 0 Å². The highest BCUT2D eigenvalue weighted by molar-refractivity contribution is 7.98. The molecular formula is C14H15N5O3S2. The maximum Gasteiger partial charge on any atom is 0.275 e. The van der Waals surface area contributed by atoms with Crippen LogP contribution in [0.1, 0.15) is 5.76 Å². The number of hydrogen-bond donors (Lipinski definition) is 0. The Bertz CT molecular complexity index is 919. The van der Waals surface area contributed by atoms with Crippen LogP contribution in [0.15, 0.2) is 57.1 Å². The van der Waals surface area contributed by atoms with E-state index in [9.17, 15) is 8.42 Å². The number of furan rings is 1. The Morgan fingerprint density at radius 1 is 1.17 bits per heavy atom. The molecule has 2 heterocycles. The fourth-order valence-corrected chi connectivity index (χ4v) is 3.49. The Labute approximate surface area is 143 Å². The van der Waals surface area contributed by atoms with Crippen LogP contribution in [-0.2, 0) is 15.8 Å². The minimum absolute atomic E-state index is 0.0780. The third-order valence-corrected chi connectivity index (χ3v) is 5.79. The molecule has 0 bridgehead atoms. The molecule has 0 unspecified atom stereocenters. The first kappa shape index (κ1) is 16.7. The van der Waals surface area contributed by atoms with E-state index in [1.165, 1.54) is 31.9 Å². The van der Waals surface area contributed by atoms with Gasteiger partial charge in [0, 0.05) is 14.1 Å². The molecular weight excluding hydrogens is 350 g/mol. The molecule has 3 rings (SSSR count). The molecule has 0 spiro atoms. The van der Waals surface area contributed by atoms with Crippen LogP contribution in [0.5, 0.6) is 0 Å². The topological polar surface area (TPSA) is 94.1 Å². The lowest BCUT2D eigenvalue weighted by Crippen LogP contribution is -2.21. The molecule has 24 heavy (non-hydrogen) atoms. The monoisotopic (exact) mass is 365 g/mol. The molecule has 0 N–H and O–H groups in total. The highest BCUT2D eigenvalue weighted by Crippen LogP contribution is 2.25. The van der Waals surface area contributed by atoms with Gasteiger partial charge in [0.2, 0.25) is 10.2 Å². The summed E-state index contributed by atoms with van der Waals surface area (Å²) in [7, 11) is -0.650. The van der Waals surface area contributed by atoms with Crippen LogP contribution in [0.3, 0.4) is 0 Å². The summed E-state index contributed by atoms with van der Waals surface area (Å²) in [5.41, 5.74) is 0.848. The zero-order chi connectivity index (χ0) is 17.2. The van der Waals surface area contributed by atoms with Gasteiger partial charge in [-0.3, -0.25) is 0 Å². The normalized spacial score (nSPS) is 12.0. The molecule has 0 atom stereocenters. The SMILES string of the molecule is CN(C)S(=O)(=O)c1ccc(CSc2nnnn2-c2ccccc2)o1. The molecule has 0 aliphatic heterocycles. The molecule has 1 aromatic carbocycles. The van der Waals surface area contributed by atoms with Gasteiger partial charge in [-0.05, 0) is 34.7 Å². The molecule has 0 fully saturated rings. The van der Waals surface area contributed by atoms with Gasteiger partial charge in [-0.15, -0.1) is 5.10 Å². The highest BCUT2D eigenvalue weighted by atomic mass is 32.2. The highest BCUT2D eigenvalue weighted by Gasteiger charge is 2.21. The number of thioether (sulfide) groups is 1. The third-order valence-electron chi connectivity index (χ3n) is 3.16. The van der Waals surface area contributed by atoms with E-state index in [4.69, 9.17) is 4.42 Å². The summed E-state index contributed by atoms with van der Waals surface area (Å²) in [6.45, 7) is 0. The molecule has 3 aromatic rings. The number of tetrazole rings is 1. The van der Waals surface area contributed by atoms with Gasteiger partial charge >= 0.3 is 0 Å². The molecule has 2 aromatic heterocycles. The number of benzene rings is 1. The lowest BCUT2D eigenvalue weighted by atomic mass is 10.3. The second kappa shape index (κ2) is 6.75. The molecule has 8 nitrogen and oxygen atoms in total. The number of nitrogens with zero attached hydrogens (tertiary/aromatic N) is 5. The van der Waals surface area contributed by atoms with E-state index < -0.39 is 10.0 Å². The van der Waals surface area contributed by atoms with E-state index in [2.05, 4.69) is 15.5 Å². The Morgan fingerprint density at radius 2 is 1.92 bits per heavy atom. The summed E-state index contributed by atoms with van der Waals surface area (Å²) in [5, 5.41) is 12.2. The minimum atomic E-state index is -3.57. The quantitative estimate of drug-likeness (QED) is 0.615. The van der Waals surface area contributed by atoms with Crippen LogP contribution in [0.25, 0.3) is 5.69 Å². The van der Waals surface area contributed by atoms with Gasteiger partial charge in [0.1, 0.15) is 5.76 Å². The summed E-state index contributed by atoms with van der Waals surface area (Å²) in [6, 6.07) is 12.6. The smallest absolute Gasteiger partial charge is 0.275 e. The van der Waals surface area contributed by atoms with Crippen molar-refractivity contribution in [1.29, 1.82) is 0 Å². The number of aromatic nitrogens is 4. The van der Waals surface area contributed by atoms with E-state index in [1.807, 2.05) is 30.3 Å². The summed E-state index contributed by atoms with van der Waals surface area (Å²) < 4.78 is 32.2. The number of para-hydroxylation sites is 1.